The number of halogens is 1. The van der Waals surface area contributed by atoms with Gasteiger partial charge in [-0.25, -0.2) is 9.69 Å². The summed E-state index contributed by atoms with van der Waals surface area (Å²) in [7, 11) is 0. The van der Waals surface area contributed by atoms with E-state index in [0.717, 1.165) is 4.90 Å². The lowest BCUT2D eigenvalue weighted by Gasteiger charge is -2.10. The SMILES string of the molecule is O=C1O[C@H](CBr)CN1C(=O)c1ccccc1. The second kappa shape index (κ2) is 4.65. The highest BCUT2D eigenvalue weighted by atomic mass is 79.9. The smallest absolute Gasteiger partial charge is 0.417 e. The van der Waals surface area contributed by atoms with E-state index in [1.807, 2.05) is 6.07 Å². The number of benzene rings is 1. The number of imide groups is 1. The quantitative estimate of drug-likeness (QED) is 0.781. The molecule has 0 unspecified atom stereocenters. The molecule has 1 atom stereocenters. The van der Waals surface area contributed by atoms with Gasteiger partial charge < -0.3 is 4.74 Å². The number of cyclic esters (lactones) is 1. The number of nitrogens with zero attached hydrogens (tertiary/aromatic N) is 1. The van der Waals surface area contributed by atoms with Crippen LogP contribution in [0.3, 0.4) is 0 Å². The van der Waals surface area contributed by atoms with Crippen molar-refractivity contribution in [1.29, 1.82) is 0 Å². The summed E-state index contributed by atoms with van der Waals surface area (Å²) in [6.45, 7) is 0.303. The lowest BCUT2D eigenvalue weighted by atomic mass is 10.2. The van der Waals surface area contributed by atoms with Gasteiger partial charge in [0.15, 0.2) is 0 Å². The molecule has 0 saturated carbocycles. The molecule has 1 aliphatic heterocycles. The minimum atomic E-state index is -0.571. The summed E-state index contributed by atoms with van der Waals surface area (Å²) in [5.41, 5.74) is 0.495. The first kappa shape index (κ1) is 11.1. The van der Waals surface area contributed by atoms with E-state index in [-0.39, 0.29) is 12.0 Å². The lowest BCUT2D eigenvalue weighted by molar-refractivity contribution is 0.0809. The molecule has 0 spiro atoms. The van der Waals surface area contributed by atoms with Gasteiger partial charge in [-0.2, -0.15) is 0 Å². The van der Waals surface area contributed by atoms with Gasteiger partial charge in [0.1, 0.15) is 6.10 Å². The van der Waals surface area contributed by atoms with Crippen molar-refractivity contribution in [2.24, 2.45) is 0 Å². The molecule has 2 rings (SSSR count). The first-order valence-corrected chi connectivity index (χ1v) is 5.98. The molecule has 1 saturated heterocycles. The van der Waals surface area contributed by atoms with Gasteiger partial charge in [0, 0.05) is 10.9 Å². The molecule has 16 heavy (non-hydrogen) atoms. The summed E-state index contributed by atoms with van der Waals surface area (Å²) in [5.74, 6) is -0.311. The molecule has 0 aromatic heterocycles. The zero-order valence-corrected chi connectivity index (χ0v) is 10.0. The predicted molar refractivity (Wildman–Crippen MR) is 61.5 cm³/mol. The molecule has 5 heteroatoms. The second-order valence-electron chi connectivity index (χ2n) is 3.44. The number of hydrogen-bond acceptors (Lipinski definition) is 3. The first-order valence-electron chi connectivity index (χ1n) is 4.86. The minimum absolute atomic E-state index is 0.250. The maximum Gasteiger partial charge on any atom is 0.417 e. The Kier molecular flexibility index (Phi) is 3.24. The molecule has 1 fully saturated rings. The molecule has 2 amide bonds. The highest BCUT2D eigenvalue weighted by Crippen LogP contribution is 2.16. The molecule has 0 radical (unpaired) electrons. The van der Waals surface area contributed by atoms with Crippen molar-refractivity contribution in [3.63, 3.8) is 0 Å². The van der Waals surface area contributed by atoms with Crippen molar-refractivity contribution >= 4 is 27.9 Å². The summed E-state index contributed by atoms with van der Waals surface area (Å²) >= 11 is 3.22. The topological polar surface area (TPSA) is 46.6 Å². The van der Waals surface area contributed by atoms with E-state index in [9.17, 15) is 9.59 Å². The number of amides is 2. The summed E-state index contributed by atoms with van der Waals surface area (Å²) in [5, 5.41) is 0.539. The van der Waals surface area contributed by atoms with Crippen LogP contribution in [-0.2, 0) is 4.74 Å². The lowest BCUT2D eigenvalue weighted by Crippen LogP contribution is -2.32. The maximum absolute atomic E-state index is 11.9. The third kappa shape index (κ3) is 2.09. The number of alkyl halides is 1. The number of rotatable bonds is 2. The van der Waals surface area contributed by atoms with Crippen LogP contribution < -0.4 is 0 Å². The highest BCUT2D eigenvalue weighted by Gasteiger charge is 2.35. The summed E-state index contributed by atoms with van der Waals surface area (Å²) in [6.07, 6.45) is -0.821. The maximum atomic E-state index is 11.9. The van der Waals surface area contributed by atoms with Crippen molar-refractivity contribution in [1.82, 2.24) is 4.90 Å². The van der Waals surface area contributed by atoms with Crippen LogP contribution in [0.1, 0.15) is 10.4 Å². The van der Waals surface area contributed by atoms with Crippen molar-refractivity contribution in [3.8, 4) is 0 Å². The Bertz CT molecular complexity index is 407. The normalized spacial score (nSPS) is 19.7. The van der Waals surface area contributed by atoms with Crippen molar-refractivity contribution in [2.75, 3.05) is 11.9 Å². The predicted octanol–water partition coefficient (Wildman–Crippen LogP) is 2.04. The fourth-order valence-electron chi connectivity index (χ4n) is 1.50. The van der Waals surface area contributed by atoms with E-state index in [1.54, 1.807) is 24.3 Å². The Morgan fingerprint density at radius 2 is 2.12 bits per heavy atom. The third-order valence-electron chi connectivity index (χ3n) is 2.31. The van der Waals surface area contributed by atoms with Gasteiger partial charge in [-0.3, -0.25) is 4.79 Å². The largest absolute Gasteiger partial charge is 0.443 e. The molecule has 0 N–H and O–H groups in total. The van der Waals surface area contributed by atoms with E-state index in [0.29, 0.717) is 17.4 Å². The fourth-order valence-corrected chi connectivity index (χ4v) is 1.84. The van der Waals surface area contributed by atoms with Gasteiger partial charge >= 0.3 is 6.09 Å². The van der Waals surface area contributed by atoms with Gasteiger partial charge in [0.25, 0.3) is 5.91 Å². The van der Waals surface area contributed by atoms with Crippen molar-refractivity contribution in [2.45, 2.75) is 6.10 Å². The van der Waals surface area contributed by atoms with Crippen LogP contribution in [0.4, 0.5) is 4.79 Å². The number of ether oxygens (including phenoxy) is 1. The van der Waals surface area contributed by atoms with Gasteiger partial charge in [0.2, 0.25) is 0 Å². The van der Waals surface area contributed by atoms with Crippen LogP contribution in [0.25, 0.3) is 0 Å². The molecule has 0 bridgehead atoms. The fraction of sp³-hybridized carbons (Fsp3) is 0.273. The molecule has 4 nitrogen and oxygen atoms in total. The molecule has 1 aromatic carbocycles. The minimum Gasteiger partial charge on any atom is -0.443 e. The van der Waals surface area contributed by atoms with Crippen LogP contribution in [0.15, 0.2) is 30.3 Å². The molecular weight excluding hydrogens is 274 g/mol. The highest BCUT2D eigenvalue weighted by molar-refractivity contribution is 9.09. The van der Waals surface area contributed by atoms with Crippen LogP contribution in [0.5, 0.6) is 0 Å². The van der Waals surface area contributed by atoms with Crippen molar-refractivity contribution in [3.05, 3.63) is 35.9 Å². The van der Waals surface area contributed by atoms with Crippen LogP contribution in [-0.4, -0.2) is 34.9 Å². The molecule has 1 heterocycles. The Labute approximate surface area is 101 Å². The van der Waals surface area contributed by atoms with E-state index in [4.69, 9.17) is 4.74 Å². The van der Waals surface area contributed by atoms with E-state index < -0.39 is 6.09 Å². The number of carbonyl (C=O) groups is 2. The Morgan fingerprint density at radius 1 is 1.44 bits per heavy atom. The molecule has 84 valence electrons. The first-order chi connectivity index (χ1) is 7.72. The number of hydrogen-bond donors (Lipinski definition) is 0. The van der Waals surface area contributed by atoms with Crippen LogP contribution >= 0.6 is 15.9 Å². The summed E-state index contributed by atoms with van der Waals surface area (Å²) < 4.78 is 4.99. The van der Waals surface area contributed by atoms with Gasteiger partial charge in [-0.05, 0) is 12.1 Å². The molecule has 0 aliphatic carbocycles. The zero-order chi connectivity index (χ0) is 11.5. The third-order valence-corrected chi connectivity index (χ3v) is 3.03. The van der Waals surface area contributed by atoms with E-state index >= 15 is 0 Å². The number of carbonyl (C=O) groups excluding carboxylic acids is 2. The van der Waals surface area contributed by atoms with Crippen molar-refractivity contribution < 1.29 is 14.3 Å². The Morgan fingerprint density at radius 3 is 2.69 bits per heavy atom. The molecular formula is C11H10BrNO3. The van der Waals surface area contributed by atoms with Gasteiger partial charge in [-0.1, -0.05) is 34.1 Å². The van der Waals surface area contributed by atoms with Crippen LogP contribution in [0.2, 0.25) is 0 Å². The standard InChI is InChI=1S/C11H10BrNO3/c12-6-9-7-13(11(15)16-9)10(14)8-4-2-1-3-5-8/h1-5,9H,6-7H2/t9-/m1/s1. The van der Waals surface area contributed by atoms with Gasteiger partial charge in [-0.15, -0.1) is 0 Å². The average Bonchev–Trinajstić information content (AvgIpc) is 2.71. The summed E-state index contributed by atoms with van der Waals surface area (Å²) in [6, 6.07) is 8.70. The Hall–Kier alpha value is -1.36. The molecule has 1 aliphatic rings. The zero-order valence-electron chi connectivity index (χ0n) is 8.43. The van der Waals surface area contributed by atoms with E-state index in [2.05, 4.69) is 15.9 Å². The Balaban J connectivity index is 2.15. The molecule has 1 aromatic rings. The monoisotopic (exact) mass is 283 g/mol. The van der Waals surface area contributed by atoms with Gasteiger partial charge in [0.05, 0.1) is 6.54 Å². The van der Waals surface area contributed by atoms with E-state index in [1.165, 1.54) is 0 Å². The summed E-state index contributed by atoms with van der Waals surface area (Å²) in [4.78, 5) is 24.5. The average molecular weight is 284 g/mol. The van der Waals surface area contributed by atoms with Crippen LogP contribution in [0, 0.1) is 0 Å². The second-order valence-corrected chi connectivity index (χ2v) is 4.09.